The van der Waals surface area contributed by atoms with Gasteiger partial charge in [-0.25, -0.2) is 4.98 Å². The maximum Gasteiger partial charge on any atom is 0.317 e. The Morgan fingerprint density at radius 1 is 1.67 bits per heavy atom. The Morgan fingerprint density at radius 2 is 2.43 bits per heavy atom. The summed E-state index contributed by atoms with van der Waals surface area (Å²) in [5.41, 5.74) is -0.687. The molecule has 0 saturated heterocycles. The lowest BCUT2D eigenvalue weighted by Gasteiger charge is -2.09. The van der Waals surface area contributed by atoms with Gasteiger partial charge in [-0.2, -0.15) is 5.26 Å². The monoisotopic (exact) mass is 305 g/mol. The first-order chi connectivity index (χ1) is 10.1. The summed E-state index contributed by atoms with van der Waals surface area (Å²) >= 11 is 0.924. The minimum atomic E-state index is -0.992. The van der Waals surface area contributed by atoms with E-state index in [9.17, 15) is 9.59 Å². The molecule has 2 heterocycles. The SMILES string of the molecule is CCC(Sc1nc(-c2ccco2)c(C#N)c(=O)[nH]1)C(=O)O. The highest BCUT2D eigenvalue weighted by molar-refractivity contribution is 8.00. The van der Waals surface area contributed by atoms with Gasteiger partial charge in [0, 0.05) is 0 Å². The van der Waals surface area contributed by atoms with E-state index in [0.717, 1.165) is 11.8 Å². The number of rotatable bonds is 5. The molecule has 0 aliphatic heterocycles. The number of thioether (sulfide) groups is 1. The standard InChI is InChI=1S/C13H11N3O4S/c1-2-9(12(18)19)21-13-15-10(8-4-3-5-20-8)7(6-14)11(17)16-13/h3-5,9H,2H2,1H3,(H,18,19)(H,15,16,17). The van der Waals surface area contributed by atoms with Crippen molar-refractivity contribution in [2.75, 3.05) is 0 Å². The highest BCUT2D eigenvalue weighted by Gasteiger charge is 2.21. The van der Waals surface area contributed by atoms with E-state index >= 15 is 0 Å². The number of carboxylic acids is 1. The molecule has 0 bridgehead atoms. The number of nitriles is 1. The third kappa shape index (κ3) is 3.14. The number of carboxylic acid groups (broad SMARTS) is 1. The average Bonchev–Trinajstić information content (AvgIpc) is 2.97. The third-order valence-electron chi connectivity index (χ3n) is 2.66. The van der Waals surface area contributed by atoms with Crippen LogP contribution in [0, 0.1) is 11.3 Å². The molecule has 0 aliphatic carbocycles. The fraction of sp³-hybridized carbons (Fsp3) is 0.231. The van der Waals surface area contributed by atoms with Gasteiger partial charge < -0.3 is 14.5 Å². The third-order valence-corrected chi connectivity index (χ3v) is 3.90. The average molecular weight is 305 g/mol. The maximum atomic E-state index is 11.9. The molecule has 1 atom stereocenters. The largest absolute Gasteiger partial charge is 0.480 e. The summed E-state index contributed by atoms with van der Waals surface area (Å²) in [6.45, 7) is 1.72. The van der Waals surface area contributed by atoms with Crippen LogP contribution in [0.2, 0.25) is 0 Å². The van der Waals surface area contributed by atoms with E-state index in [1.165, 1.54) is 6.26 Å². The van der Waals surface area contributed by atoms with Crippen LogP contribution >= 0.6 is 11.8 Å². The quantitative estimate of drug-likeness (QED) is 0.638. The lowest BCUT2D eigenvalue weighted by Crippen LogP contribution is -2.19. The van der Waals surface area contributed by atoms with Gasteiger partial charge in [0.1, 0.15) is 22.6 Å². The molecular formula is C13H11N3O4S. The van der Waals surface area contributed by atoms with E-state index < -0.39 is 16.8 Å². The molecule has 0 aromatic carbocycles. The predicted molar refractivity (Wildman–Crippen MR) is 74.8 cm³/mol. The minimum Gasteiger partial charge on any atom is -0.480 e. The number of furan rings is 1. The van der Waals surface area contributed by atoms with Gasteiger partial charge >= 0.3 is 5.97 Å². The second-order valence-electron chi connectivity index (χ2n) is 4.04. The molecule has 21 heavy (non-hydrogen) atoms. The van der Waals surface area contributed by atoms with Gasteiger partial charge in [-0.1, -0.05) is 18.7 Å². The first-order valence-corrected chi connectivity index (χ1v) is 6.92. The van der Waals surface area contributed by atoms with Crippen LogP contribution in [0.25, 0.3) is 11.5 Å². The lowest BCUT2D eigenvalue weighted by atomic mass is 10.2. The van der Waals surface area contributed by atoms with Crippen molar-refractivity contribution in [1.29, 1.82) is 5.26 Å². The van der Waals surface area contributed by atoms with Crippen LogP contribution in [0.5, 0.6) is 0 Å². The first kappa shape index (κ1) is 14.9. The molecule has 2 aromatic rings. The summed E-state index contributed by atoms with van der Waals surface area (Å²) < 4.78 is 5.16. The Labute approximate surface area is 123 Å². The number of hydrogen-bond donors (Lipinski definition) is 2. The van der Waals surface area contributed by atoms with Gasteiger partial charge in [0.05, 0.1) is 6.26 Å². The molecule has 7 nitrogen and oxygen atoms in total. The number of aromatic nitrogens is 2. The van der Waals surface area contributed by atoms with Gasteiger partial charge in [-0.15, -0.1) is 0 Å². The van der Waals surface area contributed by atoms with Crippen LogP contribution in [-0.2, 0) is 4.79 Å². The highest BCUT2D eigenvalue weighted by Crippen LogP contribution is 2.25. The van der Waals surface area contributed by atoms with Crippen molar-refractivity contribution in [3.63, 3.8) is 0 Å². The normalized spacial score (nSPS) is 11.8. The van der Waals surface area contributed by atoms with Gasteiger partial charge in [0.15, 0.2) is 10.9 Å². The second-order valence-corrected chi connectivity index (χ2v) is 5.23. The second kappa shape index (κ2) is 6.28. The zero-order valence-corrected chi connectivity index (χ0v) is 11.8. The van der Waals surface area contributed by atoms with Crippen LogP contribution in [0.3, 0.4) is 0 Å². The van der Waals surface area contributed by atoms with Crippen molar-refractivity contribution in [2.24, 2.45) is 0 Å². The summed E-state index contributed by atoms with van der Waals surface area (Å²) in [5, 5.41) is 17.5. The smallest absolute Gasteiger partial charge is 0.317 e. The Hall–Kier alpha value is -2.53. The highest BCUT2D eigenvalue weighted by atomic mass is 32.2. The van der Waals surface area contributed by atoms with E-state index in [1.807, 2.05) is 0 Å². The number of aliphatic carboxylic acids is 1. The zero-order valence-electron chi connectivity index (χ0n) is 11.0. The van der Waals surface area contributed by atoms with Crippen LogP contribution in [-0.4, -0.2) is 26.3 Å². The molecule has 0 spiro atoms. The van der Waals surface area contributed by atoms with Gasteiger partial charge in [0.2, 0.25) is 0 Å². The van der Waals surface area contributed by atoms with E-state index in [4.69, 9.17) is 14.8 Å². The van der Waals surface area contributed by atoms with Crippen LogP contribution in [0.1, 0.15) is 18.9 Å². The van der Waals surface area contributed by atoms with E-state index in [1.54, 1.807) is 25.1 Å². The number of aromatic amines is 1. The minimum absolute atomic E-state index is 0.106. The molecule has 0 radical (unpaired) electrons. The number of carbonyl (C=O) groups is 1. The first-order valence-electron chi connectivity index (χ1n) is 6.04. The molecule has 0 saturated carbocycles. The fourth-order valence-electron chi connectivity index (χ4n) is 1.65. The Balaban J connectivity index is 2.49. The van der Waals surface area contributed by atoms with Crippen LogP contribution in [0.15, 0.2) is 32.8 Å². The molecule has 8 heteroatoms. The molecule has 0 amide bonds. The van der Waals surface area contributed by atoms with E-state index in [-0.39, 0.29) is 22.2 Å². The van der Waals surface area contributed by atoms with Crippen molar-refractivity contribution in [2.45, 2.75) is 23.8 Å². The lowest BCUT2D eigenvalue weighted by molar-refractivity contribution is -0.136. The maximum absolute atomic E-state index is 11.9. The van der Waals surface area contributed by atoms with Gasteiger partial charge in [-0.05, 0) is 18.6 Å². The van der Waals surface area contributed by atoms with E-state index in [0.29, 0.717) is 6.42 Å². The molecule has 0 aliphatic rings. The Morgan fingerprint density at radius 3 is 2.95 bits per heavy atom. The van der Waals surface area contributed by atoms with Crippen molar-refractivity contribution in [3.8, 4) is 17.5 Å². The topological polar surface area (TPSA) is 120 Å². The van der Waals surface area contributed by atoms with Crippen LogP contribution in [0.4, 0.5) is 0 Å². The molecule has 108 valence electrons. The number of nitrogens with zero attached hydrogens (tertiary/aromatic N) is 2. The van der Waals surface area contributed by atoms with Crippen molar-refractivity contribution in [3.05, 3.63) is 34.3 Å². The van der Waals surface area contributed by atoms with Crippen LogP contribution < -0.4 is 5.56 Å². The Kier molecular flexibility index (Phi) is 4.45. The summed E-state index contributed by atoms with van der Waals surface area (Å²) in [5.74, 6) is -0.711. The van der Waals surface area contributed by atoms with Gasteiger partial charge in [-0.3, -0.25) is 9.59 Å². The molecular weight excluding hydrogens is 294 g/mol. The number of H-pyrrole nitrogens is 1. The summed E-state index contributed by atoms with van der Waals surface area (Å²) in [6, 6.07) is 4.96. The molecule has 0 fully saturated rings. The molecule has 2 N–H and O–H groups in total. The van der Waals surface area contributed by atoms with Crippen molar-refractivity contribution >= 4 is 17.7 Å². The summed E-state index contributed by atoms with van der Waals surface area (Å²) in [7, 11) is 0. The van der Waals surface area contributed by atoms with E-state index in [2.05, 4.69) is 9.97 Å². The van der Waals surface area contributed by atoms with Crippen molar-refractivity contribution in [1.82, 2.24) is 9.97 Å². The van der Waals surface area contributed by atoms with Gasteiger partial charge in [0.25, 0.3) is 5.56 Å². The molecule has 2 aromatic heterocycles. The van der Waals surface area contributed by atoms with Crippen molar-refractivity contribution < 1.29 is 14.3 Å². The Bertz CT molecular complexity index is 746. The number of hydrogen-bond acceptors (Lipinski definition) is 6. The zero-order chi connectivity index (χ0) is 15.4. The summed E-state index contributed by atoms with van der Waals surface area (Å²) in [4.78, 5) is 29.5. The predicted octanol–water partition coefficient (Wildman–Crippen LogP) is 1.86. The molecule has 1 unspecified atom stereocenters. The number of nitrogens with one attached hydrogen (secondary N) is 1. The molecule has 2 rings (SSSR count). The summed E-state index contributed by atoms with van der Waals surface area (Å²) in [6.07, 6.45) is 1.78. The fourth-order valence-corrected chi connectivity index (χ4v) is 2.48.